The molecule has 0 bridgehead atoms. The number of fused-ring (bicyclic) bond motifs is 2. The molecule has 0 saturated carbocycles. The Hall–Kier alpha value is -3.91. The van der Waals surface area contributed by atoms with Crippen LogP contribution in [0.5, 0.6) is 0 Å². The third-order valence-corrected chi connectivity index (χ3v) is 6.45. The van der Waals surface area contributed by atoms with Crippen LogP contribution in [0.15, 0.2) is 114 Å². The molecule has 0 fully saturated rings. The standard InChI is InChI=1S/C30H24N2/c1-21-10-16-28(17-11-21)32-30(27-15-13-23-7-3-5-9-25(23)19-27)20-29(31-32)26-14-12-22-6-2-4-8-24(22)18-26/h2-19,30H,20H2,1H3. The summed E-state index contributed by atoms with van der Waals surface area (Å²) in [5.74, 6) is 0. The summed E-state index contributed by atoms with van der Waals surface area (Å²) in [6.45, 7) is 2.12. The molecule has 0 aliphatic carbocycles. The van der Waals surface area contributed by atoms with Gasteiger partial charge in [0.05, 0.1) is 17.4 Å². The molecule has 2 nitrogen and oxygen atoms in total. The molecule has 32 heavy (non-hydrogen) atoms. The van der Waals surface area contributed by atoms with Gasteiger partial charge in [-0.25, -0.2) is 0 Å². The van der Waals surface area contributed by atoms with E-state index in [0.29, 0.717) is 0 Å². The maximum Gasteiger partial charge on any atom is 0.0832 e. The van der Waals surface area contributed by atoms with Crippen molar-refractivity contribution in [2.45, 2.75) is 19.4 Å². The monoisotopic (exact) mass is 412 g/mol. The summed E-state index contributed by atoms with van der Waals surface area (Å²) >= 11 is 0. The van der Waals surface area contributed by atoms with Crippen LogP contribution in [-0.4, -0.2) is 5.71 Å². The van der Waals surface area contributed by atoms with E-state index in [1.54, 1.807) is 0 Å². The van der Waals surface area contributed by atoms with E-state index in [0.717, 1.165) is 17.8 Å². The molecule has 6 rings (SSSR count). The minimum Gasteiger partial charge on any atom is -0.257 e. The van der Waals surface area contributed by atoms with Crippen molar-refractivity contribution in [3.63, 3.8) is 0 Å². The van der Waals surface area contributed by atoms with Crippen LogP contribution in [0.1, 0.15) is 29.2 Å². The molecule has 0 radical (unpaired) electrons. The predicted molar refractivity (Wildman–Crippen MR) is 135 cm³/mol. The number of rotatable bonds is 3. The Morgan fingerprint density at radius 3 is 2.00 bits per heavy atom. The maximum absolute atomic E-state index is 5.15. The normalized spacial score (nSPS) is 16.0. The SMILES string of the molecule is Cc1ccc(N2N=C(c3ccc4ccccc4c3)CC2c2ccc3ccccc3c2)cc1. The lowest BCUT2D eigenvalue weighted by Gasteiger charge is -2.24. The Bertz CT molecular complexity index is 1460. The van der Waals surface area contributed by atoms with Crippen molar-refractivity contribution in [3.8, 4) is 0 Å². The molecule has 154 valence electrons. The molecule has 1 heterocycles. The first-order valence-electron chi connectivity index (χ1n) is 11.2. The fourth-order valence-electron chi connectivity index (χ4n) is 4.66. The topological polar surface area (TPSA) is 15.6 Å². The number of hydrazone groups is 1. The van der Waals surface area contributed by atoms with Gasteiger partial charge in [0, 0.05) is 6.42 Å². The number of hydrogen-bond acceptors (Lipinski definition) is 2. The molecule has 1 atom stereocenters. The molecule has 1 aliphatic rings. The summed E-state index contributed by atoms with van der Waals surface area (Å²) in [5.41, 5.74) is 6.01. The number of anilines is 1. The fourth-order valence-corrected chi connectivity index (χ4v) is 4.66. The Balaban J connectivity index is 1.44. The summed E-state index contributed by atoms with van der Waals surface area (Å²) in [4.78, 5) is 0. The molecule has 0 spiro atoms. The molecule has 1 aliphatic heterocycles. The molecule has 0 N–H and O–H groups in total. The van der Waals surface area contributed by atoms with Crippen LogP contribution in [0.4, 0.5) is 5.69 Å². The third kappa shape index (κ3) is 3.34. The average molecular weight is 413 g/mol. The van der Waals surface area contributed by atoms with Crippen molar-refractivity contribution in [2.24, 2.45) is 5.10 Å². The zero-order valence-electron chi connectivity index (χ0n) is 18.1. The van der Waals surface area contributed by atoms with Gasteiger partial charge in [0.15, 0.2) is 0 Å². The highest BCUT2D eigenvalue weighted by Gasteiger charge is 2.30. The molecule has 1 unspecified atom stereocenters. The minimum absolute atomic E-state index is 0.170. The summed E-state index contributed by atoms with van der Waals surface area (Å²) < 4.78 is 0. The van der Waals surface area contributed by atoms with Crippen molar-refractivity contribution in [3.05, 3.63) is 126 Å². The second-order valence-electron chi connectivity index (χ2n) is 8.62. The number of aryl methyl sites for hydroxylation is 1. The highest BCUT2D eigenvalue weighted by atomic mass is 15.5. The van der Waals surface area contributed by atoms with Gasteiger partial charge in [0.1, 0.15) is 0 Å². The van der Waals surface area contributed by atoms with E-state index in [-0.39, 0.29) is 6.04 Å². The second kappa shape index (κ2) is 7.65. The first-order valence-corrected chi connectivity index (χ1v) is 11.2. The van der Waals surface area contributed by atoms with Crippen LogP contribution < -0.4 is 5.01 Å². The van der Waals surface area contributed by atoms with Gasteiger partial charge in [0.2, 0.25) is 0 Å². The zero-order valence-corrected chi connectivity index (χ0v) is 18.1. The van der Waals surface area contributed by atoms with Crippen molar-refractivity contribution < 1.29 is 0 Å². The largest absolute Gasteiger partial charge is 0.257 e. The van der Waals surface area contributed by atoms with Crippen molar-refractivity contribution in [1.82, 2.24) is 0 Å². The van der Waals surface area contributed by atoms with E-state index in [4.69, 9.17) is 5.10 Å². The van der Waals surface area contributed by atoms with Crippen LogP contribution >= 0.6 is 0 Å². The number of benzene rings is 5. The molecular weight excluding hydrogens is 388 g/mol. The maximum atomic E-state index is 5.15. The van der Waals surface area contributed by atoms with Gasteiger partial charge in [-0.15, -0.1) is 0 Å². The Labute approximate surface area is 188 Å². The first-order chi connectivity index (χ1) is 15.7. The molecule has 5 aromatic carbocycles. The lowest BCUT2D eigenvalue weighted by molar-refractivity contribution is 0.710. The van der Waals surface area contributed by atoms with Crippen molar-refractivity contribution in [1.29, 1.82) is 0 Å². The highest BCUT2D eigenvalue weighted by Crippen LogP contribution is 2.38. The van der Waals surface area contributed by atoms with Gasteiger partial charge in [-0.3, -0.25) is 5.01 Å². The Kier molecular flexibility index (Phi) is 4.50. The van der Waals surface area contributed by atoms with E-state index in [9.17, 15) is 0 Å². The van der Waals surface area contributed by atoms with E-state index in [1.807, 2.05) is 0 Å². The smallest absolute Gasteiger partial charge is 0.0832 e. The van der Waals surface area contributed by atoms with E-state index in [1.165, 1.54) is 38.2 Å². The molecule has 0 saturated heterocycles. The van der Waals surface area contributed by atoms with Crippen LogP contribution in [0, 0.1) is 6.92 Å². The van der Waals surface area contributed by atoms with E-state index >= 15 is 0 Å². The zero-order chi connectivity index (χ0) is 21.5. The van der Waals surface area contributed by atoms with Gasteiger partial charge in [-0.1, -0.05) is 90.5 Å². The lowest BCUT2D eigenvalue weighted by Crippen LogP contribution is -2.18. The summed E-state index contributed by atoms with van der Waals surface area (Å²) in [6.07, 6.45) is 0.880. The van der Waals surface area contributed by atoms with E-state index < -0.39 is 0 Å². The van der Waals surface area contributed by atoms with Crippen LogP contribution in [0.25, 0.3) is 21.5 Å². The van der Waals surface area contributed by atoms with Gasteiger partial charge < -0.3 is 0 Å². The van der Waals surface area contributed by atoms with Crippen LogP contribution in [-0.2, 0) is 0 Å². The van der Waals surface area contributed by atoms with Crippen molar-refractivity contribution in [2.75, 3.05) is 5.01 Å². The molecular formula is C30H24N2. The molecule has 2 heteroatoms. The average Bonchev–Trinajstić information content (AvgIpc) is 3.29. The predicted octanol–water partition coefficient (Wildman–Crippen LogP) is 7.66. The summed E-state index contributed by atoms with van der Waals surface area (Å²) in [5, 5.41) is 12.4. The van der Waals surface area contributed by atoms with Crippen LogP contribution in [0.3, 0.4) is 0 Å². The van der Waals surface area contributed by atoms with Gasteiger partial charge >= 0.3 is 0 Å². The van der Waals surface area contributed by atoms with Gasteiger partial charge in [0.25, 0.3) is 0 Å². The van der Waals surface area contributed by atoms with Gasteiger partial charge in [-0.2, -0.15) is 5.10 Å². The minimum atomic E-state index is 0.170. The summed E-state index contributed by atoms with van der Waals surface area (Å²) in [7, 11) is 0. The number of nitrogens with zero attached hydrogens (tertiary/aromatic N) is 2. The van der Waals surface area contributed by atoms with Crippen LogP contribution in [0.2, 0.25) is 0 Å². The van der Waals surface area contributed by atoms with E-state index in [2.05, 4.69) is 121 Å². The quantitative estimate of drug-likeness (QED) is 0.297. The Morgan fingerprint density at radius 1 is 0.656 bits per heavy atom. The fraction of sp³-hybridized carbons (Fsp3) is 0.100. The van der Waals surface area contributed by atoms with Crippen molar-refractivity contribution >= 4 is 32.9 Å². The third-order valence-electron chi connectivity index (χ3n) is 6.45. The molecule has 5 aromatic rings. The summed E-state index contributed by atoms with van der Waals surface area (Å²) in [6, 6.07) is 39.4. The highest BCUT2D eigenvalue weighted by molar-refractivity contribution is 6.05. The first kappa shape index (κ1) is 18.8. The Morgan fingerprint density at radius 2 is 1.28 bits per heavy atom. The van der Waals surface area contributed by atoms with Gasteiger partial charge in [-0.05, 0) is 63.9 Å². The number of hydrogen-bond donors (Lipinski definition) is 0. The molecule has 0 aromatic heterocycles. The lowest BCUT2D eigenvalue weighted by atomic mass is 9.95. The molecule has 0 amide bonds. The second-order valence-corrected chi connectivity index (χ2v) is 8.62.